The van der Waals surface area contributed by atoms with Gasteiger partial charge in [-0.3, -0.25) is 0 Å². The van der Waals surface area contributed by atoms with Crippen LogP contribution in [0.3, 0.4) is 0 Å². The normalized spacial score (nSPS) is 18.4. The van der Waals surface area contributed by atoms with Crippen molar-refractivity contribution >= 4 is 22.4 Å². The van der Waals surface area contributed by atoms with Crippen LogP contribution in [0.1, 0.15) is 25.7 Å². The third kappa shape index (κ3) is 2.42. The number of aromatic nitrogens is 2. The van der Waals surface area contributed by atoms with E-state index >= 15 is 0 Å². The molecule has 0 bridgehead atoms. The van der Waals surface area contributed by atoms with E-state index in [1.54, 1.807) is 6.33 Å². The van der Waals surface area contributed by atoms with Gasteiger partial charge < -0.3 is 10.6 Å². The highest BCUT2D eigenvalue weighted by Crippen LogP contribution is 2.36. The van der Waals surface area contributed by atoms with Gasteiger partial charge >= 0.3 is 0 Å². The van der Waals surface area contributed by atoms with E-state index in [2.05, 4.69) is 14.9 Å². The molecule has 0 spiro atoms. The number of anilines is 2. The molecular weight excluding hydrogens is 248 g/mol. The summed E-state index contributed by atoms with van der Waals surface area (Å²) in [6.45, 7) is 2.27. The van der Waals surface area contributed by atoms with E-state index < -0.39 is 0 Å². The number of nitrogens with two attached hydrogens (primary N) is 1. The predicted molar refractivity (Wildman–Crippen MR) is 81.6 cm³/mol. The Kier molecular flexibility index (Phi) is 2.76. The topological polar surface area (TPSA) is 55.0 Å². The summed E-state index contributed by atoms with van der Waals surface area (Å²) in [7, 11) is 0. The van der Waals surface area contributed by atoms with Crippen molar-refractivity contribution in [2.75, 3.05) is 23.7 Å². The van der Waals surface area contributed by atoms with Gasteiger partial charge in [0.15, 0.2) is 0 Å². The summed E-state index contributed by atoms with van der Waals surface area (Å²) in [5.41, 5.74) is 7.72. The first-order valence-electron chi connectivity index (χ1n) is 7.55. The summed E-state index contributed by atoms with van der Waals surface area (Å²) in [5, 5.41) is 1.09. The molecule has 104 valence electrons. The minimum atomic E-state index is 0.784. The molecule has 1 aromatic carbocycles. The lowest BCUT2D eigenvalue weighted by atomic mass is 10.2. The number of benzene rings is 1. The third-order valence-corrected chi connectivity index (χ3v) is 4.29. The predicted octanol–water partition coefficient (Wildman–Crippen LogP) is 2.84. The van der Waals surface area contributed by atoms with Crippen LogP contribution in [0.15, 0.2) is 24.5 Å². The van der Waals surface area contributed by atoms with Gasteiger partial charge in [0.1, 0.15) is 12.1 Å². The second-order valence-electron chi connectivity index (χ2n) is 6.27. The van der Waals surface area contributed by atoms with Gasteiger partial charge in [-0.2, -0.15) is 0 Å². The van der Waals surface area contributed by atoms with E-state index in [0.717, 1.165) is 47.3 Å². The van der Waals surface area contributed by atoms with E-state index in [9.17, 15) is 0 Å². The van der Waals surface area contributed by atoms with Crippen molar-refractivity contribution in [1.82, 2.24) is 9.97 Å². The minimum Gasteiger partial charge on any atom is -0.399 e. The maximum absolute atomic E-state index is 5.95. The number of hydrogen-bond donors (Lipinski definition) is 1. The first kappa shape index (κ1) is 11.9. The fraction of sp³-hybridized carbons (Fsp3) is 0.500. The van der Waals surface area contributed by atoms with Gasteiger partial charge in [0.05, 0.1) is 5.52 Å². The Hall–Kier alpha value is -1.84. The lowest BCUT2D eigenvalue weighted by Crippen LogP contribution is -2.29. The monoisotopic (exact) mass is 268 g/mol. The molecule has 0 atom stereocenters. The number of nitrogen functional groups attached to an aromatic ring is 1. The molecule has 4 rings (SSSR count). The van der Waals surface area contributed by atoms with Crippen LogP contribution in [0.2, 0.25) is 0 Å². The molecule has 4 heteroatoms. The Morgan fingerprint density at radius 2 is 1.75 bits per heavy atom. The maximum Gasteiger partial charge on any atom is 0.139 e. The van der Waals surface area contributed by atoms with Crippen molar-refractivity contribution in [3.05, 3.63) is 24.5 Å². The molecule has 4 nitrogen and oxygen atoms in total. The summed E-state index contributed by atoms with van der Waals surface area (Å²) in [5.74, 6) is 2.79. The quantitative estimate of drug-likeness (QED) is 0.847. The highest BCUT2D eigenvalue weighted by atomic mass is 15.2. The van der Waals surface area contributed by atoms with Gasteiger partial charge in [0, 0.05) is 24.2 Å². The van der Waals surface area contributed by atoms with Crippen molar-refractivity contribution in [2.24, 2.45) is 11.8 Å². The summed E-state index contributed by atoms with van der Waals surface area (Å²) in [6.07, 6.45) is 7.15. The van der Waals surface area contributed by atoms with Crippen molar-refractivity contribution in [3.8, 4) is 0 Å². The molecule has 0 radical (unpaired) electrons. The molecule has 2 fully saturated rings. The molecule has 2 saturated carbocycles. The fourth-order valence-electron chi connectivity index (χ4n) is 2.78. The molecule has 2 aromatic rings. The Balaban J connectivity index is 1.74. The Morgan fingerprint density at radius 1 is 1.05 bits per heavy atom. The van der Waals surface area contributed by atoms with Gasteiger partial charge in [0.2, 0.25) is 0 Å². The van der Waals surface area contributed by atoms with Crippen LogP contribution in [0.4, 0.5) is 11.5 Å². The average molecular weight is 268 g/mol. The van der Waals surface area contributed by atoms with Crippen LogP contribution in [-0.2, 0) is 0 Å². The van der Waals surface area contributed by atoms with Gasteiger partial charge in [-0.1, -0.05) is 0 Å². The first-order chi connectivity index (χ1) is 9.79. The maximum atomic E-state index is 5.95. The van der Waals surface area contributed by atoms with Crippen LogP contribution in [-0.4, -0.2) is 23.1 Å². The second kappa shape index (κ2) is 4.62. The van der Waals surface area contributed by atoms with Crippen LogP contribution < -0.4 is 10.6 Å². The molecule has 1 heterocycles. The third-order valence-electron chi connectivity index (χ3n) is 4.29. The number of fused-ring (bicyclic) bond motifs is 1. The van der Waals surface area contributed by atoms with E-state index in [1.165, 1.54) is 25.7 Å². The standard InChI is InChI=1S/C16H20N4/c17-13-5-6-15-14(7-13)16(19-10-18-15)20(8-11-1-2-11)9-12-3-4-12/h5-7,10-12H,1-4,8-9,17H2. The fourth-order valence-corrected chi connectivity index (χ4v) is 2.78. The number of nitrogens with zero attached hydrogens (tertiary/aromatic N) is 3. The van der Waals surface area contributed by atoms with Crippen molar-refractivity contribution in [1.29, 1.82) is 0 Å². The molecule has 0 saturated heterocycles. The van der Waals surface area contributed by atoms with Crippen molar-refractivity contribution in [3.63, 3.8) is 0 Å². The second-order valence-corrected chi connectivity index (χ2v) is 6.27. The molecular formula is C16H20N4. The van der Waals surface area contributed by atoms with Crippen LogP contribution in [0.25, 0.3) is 10.9 Å². The molecule has 0 amide bonds. The molecule has 2 N–H and O–H groups in total. The summed E-state index contributed by atoms with van der Waals surface area (Å²) in [4.78, 5) is 11.4. The highest BCUT2D eigenvalue weighted by molar-refractivity contribution is 5.91. The Morgan fingerprint density at radius 3 is 2.40 bits per heavy atom. The summed E-state index contributed by atoms with van der Waals surface area (Å²) >= 11 is 0. The number of rotatable bonds is 5. The van der Waals surface area contributed by atoms with Crippen molar-refractivity contribution in [2.45, 2.75) is 25.7 Å². The van der Waals surface area contributed by atoms with E-state index in [1.807, 2.05) is 18.2 Å². The highest BCUT2D eigenvalue weighted by Gasteiger charge is 2.30. The Bertz CT molecular complexity index is 617. The van der Waals surface area contributed by atoms with Crippen molar-refractivity contribution < 1.29 is 0 Å². The lowest BCUT2D eigenvalue weighted by Gasteiger charge is -2.24. The van der Waals surface area contributed by atoms with Crippen LogP contribution in [0.5, 0.6) is 0 Å². The van der Waals surface area contributed by atoms with E-state index in [0.29, 0.717) is 0 Å². The molecule has 1 aromatic heterocycles. The zero-order chi connectivity index (χ0) is 13.5. The van der Waals surface area contributed by atoms with Gasteiger partial charge in [-0.25, -0.2) is 9.97 Å². The zero-order valence-corrected chi connectivity index (χ0v) is 11.6. The molecule has 0 aliphatic heterocycles. The van der Waals surface area contributed by atoms with Gasteiger partial charge in [0.25, 0.3) is 0 Å². The SMILES string of the molecule is Nc1ccc2ncnc(N(CC3CC3)CC3CC3)c2c1. The van der Waals surface area contributed by atoms with Gasteiger partial charge in [-0.05, 0) is 55.7 Å². The minimum absolute atomic E-state index is 0.784. The summed E-state index contributed by atoms with van der Waals surface area (Å²) in [6, 6.07) is 5.91. The van der Waals surface area contributed by atoms with Gasteiger partial charge in [-0.15, -0.1) is 0 Å². The summed E-state index contributed by atoms with van der Waals surface area (Å²) < 4.78 is 0. The van der Waals surface area contributed by atoms with E-state index in [-0.39, 0.29) is 0 Å². The largest absolute Gasteiger partial charge is 0.399 e. The lowest BCUT2D eigenvalue weighted by molar-refractivity contribution is 0.673. The van der Waals surface area contributed by atoms with Crippen LogP contribution in [0, 0.1) is 11.8 Å². The average Bonchev–Trinajstić information content (AvgIpc) is 3.33. The Labute approximate surface area is 119 Å². The zero-order valence-electron chi connectivity index (χ0n) is 11.6. The first-order valence-corrected chi connectivity index (χ1v) is 7.55. The smallest absolute Gasteiger partial charge is 0.139 e. The number of hydrogen-bond acceptors (Lipinski definition) is 4. The van der Waals surface area contributed by atoms with E-state index in [4.69, 9.17) is 5.73 Å². The molecule has 2 aliphatic rings. The molecule has 20 heavy (non-hydrogen) atoms. The molecule has 2 aliphatic carbocycles. The van der Waals surface area contributed by atoms with Crippen LogP contribution >= 0.6 is 0 Å². The molecule has 0 unspecified atom stereocenters.